The molecule has 17 heavy (non-hydrogen) atoms. The second kappa shape index (κ2) is 4.68. The Balaban J connectivity index is 3.40. The minimum Gasteiger partial charge on any atom is -0.481 e. The molecule has 0 aliphatic heterocycles. The van der Waals surface area contributed by atoms with Crippen molar-refractivity contribution in [3.8, 4) is 0 Å². The SMILES string of the molecule is O=C(O)Cc1cc([N+](=O)[O-])c(C(F)F)[nH]c1=O. The third-order valence-corrected chi connectivity index (χ3v) is 1.88. The minimum atomic E-state index is -3.22. The number of aliphatic carboxylic acids is 1. The first kappa shape index (κ1) is 12.7. The van der Waals surface area contributed by atoms with Crippen molar-refractivity contribution in [1.82, 2.24) is 4.98 Å². The van der Waals surface area contributed by atoms with E-state index in [0.717, 1.165) is 0 Å². The predicted molar refractivity (Wildman–Crippen MR) is 50.0 cm³/mol. The Labute approximate surface area is 91.8 Å². The van der Waals surface area contributed by atoms with Crippen LogP contribution in [-0.4, -0.2) is 21.0 Å². The molecular weight excluding hydrogens is 242 g/mol. The quantitative estimate of drug-likeness (QED) is 0.605. The van der Waals surface area contributed by atoms with Crippen molar-refractivity contribution in [2.45, 2.75) is 12.8 Å². The Bertz CT molecular complexity index is 525. The zero-order valence-corrected chi connectivity index (χ0v) is 8.15. The Morgan fingerprint density at radius 1 is 1.59 bits per heavy atom. The van der Waals surface area contributed by atoms with Gasteiger partial charge in [-0.05, 0) is 0 Å². The standard InChI is InChI=1S/C8H6F2N2O5/c9-7(10)6-4(12(16)17)1-3(2-5(13)14)8(15)11-6/h1,7H,2H2,(H,11,15)(H,13,14). The third-order valence-electron chi connectivity index (χ3n) is 1.88. The zero-order valence-electron chi connectivity index (χ0n) is 8.15. The number of carboxylic acids is 1. The molecule has 0 saturated heterocycles. The summed E-state index contributed by atoms with van der Waals surface area (Å²) in [6, 6.07) is 0.550. The number of nitrogens with zero attached hydrogens (tertiary/aromatic N) is 1. The molecule has 0 aliphatic rings. The second-order valence-electron chi connectivity index (χ2n) is 3.05. The first-order valence-corrected chi connectivity index (χ1v) is 4.23. The molecule has 0 aliphatic carbocycles. The van der Waals surface area contributed by atoms with Crippen molar-refractivity contribution in [2.75, 3.05) is 0 Å². The summed E-state index contributed by atoms with van der Waals surface area (Å²) in [6.45, 7) is 0. The molecule has 1 heterocycles. The summed E-state index contributed by atoms with van der Waals surface area (Å²) >= 11 is 0. The van der Waals surface area contributed by atoms with Crippen LogP contribution in [0.4, 0.5) is 14.5 Å². The lowest BCUT2D eigenvalue weighted by Gasteiger charge is -2.03. The highest BCUT2D eigenvalue weighted by Crippen LogP contribution is 2.25. The summed E-state index contributed by atoms with van der Waals surface area (Å²) in [7, 11) is 0. The van der Waals surface area contributed by atoms with E-state index < -0.39 is 46.2 Å². The number of nitro groups is 1. The van der Waals surface area contributed by atoms with Gasteiger partial charge >= 0.3 is 5.97 Å². The number of alkyl halides is 2. The van der Waals surface area contributed by atoms with E-state index in [1.54, 1.807) is 4.98 Å². The fourth-order valence-corrected chi connectivity index (χ4v) is 1.19. The summed E-state index contributed by atoms with van der Waals surface area (Å²) in [5.74, 6) is -1.39. The van der Waals surface area contributed by atoms with Crippen LogP contribution in [-0.2, 0) is 11.2 Å². The number of pyridine rings is 1. The smallest absolute Gasteiger partial charge is 0.308 e. The fraction of sp³-hybridized carbons (Fsp3) is 0.250. The number of hydrogen-bond donors (Lipinski definition) is 2. The van der Waals surface area contributed by atoms with E-state index in [-0.39, 0.29) is 0 Å². The van der Waals surface area contributed by atoms with Gasteiger partial charge in [0.2, 0.25) is 0 Å². The molecule has 1 rings (SSSR count). The normalized spacial score (nSPS) is 10.5. The van der Waals surface area contributed by atoms with Crippen molar-refractivity contribution in [2.24, 2.45) is 0 Å². The second-order valence-corrected chi connectivity index (χ2v) is 3.05. The number of aromatic nitrogens is 1. The number of aromatic amines is 1. The molecule has 0 unspecified atom stereocenters. The van der Waals surface area contributed by atoms with Crippen LogP contribution in [0.5, 0.6) is 0 Å². The molecule has 0 atom stereocenters. The van der Waals surface area contributed by atoms with E-state index >= 15 is 0 Å². The van der Waals surface area contributed by atoms with Crippen molar-refractivity contribution in [3.05, 3.63) is 37.8 Å². The van der Waals surface area contributed by atoms with E-state index in [1.165, 1.54) is 0 Å². The Hall–Kier alpha value is -2.32. The maximum atomic E-state index is 12.4. The van der Waals surface area contributed by atoms with Gasteiger partial charge in [0.25, 0.3) is 17.7 Å². The van der Waals surface area contributed by atoms with Gasteiger partial charge in [0.05, 0.1) is 11.3 Å². The predicted octanol–water partition coefficient (Wildman–Crippen LogP) is 0.848. The fourth-order valence-electron chi connectivity index (χ4n) is 1.19. The zero-order chi connectivity index (χ0) is 13.2. The van der Waals surface area contributed by atoms with Gasteiger partial charge in [-0.1, -0.05) is 0 Å². The average molecular weight is 248 g/mol. The molecule has 7 nitrogen and oxygen atoms in total. The lowest BCUT2D eigenvalue weighted by Crippen LogP contribution is -2.19. The van der Waals surface area contributed by atoms with Crippen molar-refractivity contribution in [3.63, 3.8) is 0 Å². The molecule has 92 valence electrons. The van der Waals surface area contributed by atoms with Gasteiger partial charge in [0.15, 0.2) is 5.69 Å². The maximum absolute atomic E-state index is 12.4. The first-order chi connectivity index (χ1) is 7.82. The molecule has 1 aromatic rings. The first-order valence-electron chi connectivity index (χ1n) is 4.23. The van der Waals surface area contributed by atoms with Gasteiger partial charge in [-0.2, -0.15) is 0 Å². The molecule has 0 amide bonds. The Kier molecular flexibility index (Phi) is 3.51. The highest BCUT2D eigenvalue weighted by atomic mass is 19.3. The molecule has 9 heteroatoms. The summed E-state index contributed by atoms with van der Waals surface area (Å²) in [6.07, 6.45) is -4.00. The topological polar surface area (TPSA) is 113 Å². The molecular formula is C8H6F2N2O5. The van der Waals surface area contributed by atoms with Crippen LogP contribution in [0.3, 0.4) is 0 Å². The maximum Gasteiger partial charge on any atom is 0.308 e. The van der Waals surface area contributed by atoms with Crippen LogP contribution >= 0.6 is 0 Å². The van der Waals surface area contributed by atoms with E-state index in [4.69, 9.17) is 5.11 Å². The van der Waals surface area contributed by atoms with Gasteiger partial charge in [-0.25, -0.2) is 8.78 Å². The highest BCUT2D eigenvalue weighted by Gasteiger charge is 2.25. The third kappa shape index (κ3) is 2.83. The lowest BCUT2D eigenvalue weighted by atomic mass is 10.1. The summed E-state index contributed by atoms with van der Waals surface area (Å²) in [5, 5.41) is 18.9. The molecule has 0 aromatic carbocycles. The Morgan fingerprint density at radius 3 is 2.59 bits per heavy atom. The summed E-state index contributed by atoms with van der Waals surface area (Å²) in [4.78, 5) is 32.5. The largest absolute Gasteiger partial charge is 0.481 e. The number of carboxylic acid groups (broad SMARTS) is 1. The van der Waals surface area contributed by atoms with Crippen LogP contribution in [0, 0.1) is 10.1 Å². The van der Waals surface area contributed by atoms with Gasteiger partial charge < -0.3 is 10.1 Å². The molecule has 0 spiro atoms. The number of carbonyl (C=O) groups is 1. The molecule has 0 fully saturated rings. The van der Waals surface area contributed by atoms with Crippen molar-refractivity contribution in [1.29, 1.82) is 0 Å². The minimum absolute atomic E-state index is 0.450. The van der Waals surface area contributed by atoms with Crippen LogP contribution in [0.2, 0.25) is 0 Å². The summed E-state index contributed by atoms with van der Waals surface area (Å²) in [5.41, 5.74) is -3.66. The Morgan fingerprint density at radius 2 is 2.18 bits per heavy atom. The molecule has 0 bridgehead atoms. The van der Waals surface area contributed by atoms with Crippen LogP contribution in [0.15, 0.2) is 10.9 Å². The average Bonchev–Trinajstić information content (AvgIpc) is 2.19. The number of nitrogens with one attached hydrogen (secondary N) is 1. The van der Waals surface area contributed by atoms with E-state index in [2.05, 4.69) is 0 Å². The number of H-pyrrole nitrogens is 1. The highest BCUT2D eigenvalue weighted by molar-refractivity contribution is 5.70. The number of hydrogen-bond acceptors (Lipinski definition) is 4. The van der Waals surface area contributed by atoms with Crippen LogP contribution < -0.4 is 5.56 Å². The summed E-state index contributed by atoms with van der Waals surface area (Å²) < 4.78 is 24.7. The van der Waals surface area contributed by atoms with E-state index in [0.29, 0.717) is 6.07 Å². The van der Waals surface area contributed by atoms with Gasteiger partial charge in [-0.3, -0.25) is 19.7 Å². The molecule has 0 radical (unpaired) electrons. The number of halogens is 2. The van der Waals surface area contributed by atoms with Crippen LogP contribution in [0.1, 0.15) is 17.7 Å². The van der Waals surface area contributed by atoms with E-state index in [9.17, 15) is 28.5 Å². The van der Waals surface area contributed by atoms with Crippen molar-refractivity contribution < 1.29 is 23.6 Å². The molecule has 2 N–H and O–H groups in total. The van der Waals surface area contributed by atoms with Crippen LogP contribution in [0.25, 0.3) is 0 Å². The monoisotopic (exact) mass is 248 g/mol. The van der Waals surface area contributed by atoms with Crippen molar-refractivity contribution >= 4 is 11.7 Å². The molecule has 0 saturated carbocycles. The van der Waals surface area contributed by atoms with Gasteiger partial charge in [0.1, 0.15) is 0 Å². The van der Waals surface area contributed by atoms with Gasteiger partial charge in [-0.15, -0.1) is 0 Å². The number of rotatable bonds is 4. The lowest BCUT2D eigenvalue weighted by molar-refractivity contribution is -0.386. The van der Waals surface area contributed by atoms with E-state index in [1.807, 2.05) is 0 Å². The molecule has 1 aromatic heterocycles. The van der Waals surface area contributed by atoms with Gasteiger partial charge in [0, 0.05) is 11.6 Å².